The van der Waals surface area contributed by atoms with Crippen LogP contribution in [0.15, 0.2) is 60.7 Å². The van der Waals surface area contributed by atoms with Crippen molar-refractivity contribution < 1.29 is 9.59 Å². The standard InChI is InChI=1S/C16H14NO2/c18-12-15(11-13-7-3-1-4-8-13)17-16(19)14-9-5-2-6-10-14/h1-10,15H,11H2,(H,17,19). The summed E-state index contributed by atoms with van der Waals surface area (Å²) >= 11 is 0. The summed E-state index contributed by atoms with van der Waals surface area (Å²) in [6.45, 7) is 0. The lowest BCUT2D eigenvalue weighted by molar-refractivity contribution is 0.0946. The zero-order valence-electron chi connectivity index (χ0n) is 10.4. The highest BCUT2D eigenvalue weighted by molar-refractivity contribution is 5.95. The first kappa shape index (κ1) is 13.0. The van der Waals surface area contributed by atoms with Gasteiger partial charge in [0, 0.05) is 12.0 Å². The van der Waals surface area contributed by atoms with E-state index in [-0.39, 0.29) is 5.91 Å². The molecule has 0 heterocycles. The van der Waals surface area contributed by atoms with Gasteiger partial charge in [-0.25, -0.2) is 0 Å². The summed E-state index contributed by atoms with van der Waals surface area (Å²) in [6.07, 6.45) is 2.32. The highest BCUT2D eigenvalue weighted by atomic mass is 16.2. The fourth-order valence-corrected chi connectivity index (χ4v) is 1.80. The Kier molecular flexibility index (Phi) is 4.45. The van der Waals surface area contributed by atoms with Crippen LogP contribution in [0.5, 0.6) is 0 Å². The Bertz CT molecular complexity index is 537. The summed E-state index contributed by atoms with van der Waals surface area (Å²) in [6, 6.07) is 17.7. The van der Waals surface area contributed by atoms with Crippen LogP contribution in [-0.2, 0) is 11.2 Å². The molecule has 3 nitrogen and oxygen atoms in total. The van der Waals surface area contributed by atoms with Crippen molar-refractivity contribution in [1.82, 2.24) is 5.32 Å². The summed E-state index contributed by atoms with van der Waals surface area (Å²) in [7, 11) is 0. The molecule has 2 rings (SSSR count). The molecule has 0 saturated heterocycles. The molecule has 0 aliphatic rings. The minimum atomic E-state index is -0.630. The third kappa shape index (κ3) is 3.78. The number of hydrogen-bond acceptors (Lipinski definition) is 2. The summed E-state index contributed by atoms with van der Waals surface area (Å²) in [5.74, 6) is -0.259. The maximum absolute atomic E-state index is 11.9. The quantitative estimate of drug-likeness (QED) is 0.886. The van der Waals surface area contributed by atoms with Gasteiger partial charge in [0.15, 0.2) is 0 Å². The van der Waals surface area contributed by atoms with Crippen molar-refractivity contribution in [3.8, 4) is 0 Å². The summed E-state index contributed by atoms with van der Waals surface area (Å²) in [5.41, 5.74) is 1.53. The normalized spacial score (nSPS) is 11.6. The Labute approximate surface area is 112 Å². The van der Waals surface area contributed by atoms with Crippen molar-refractivity contribution in [3.63, 3.8) is 0 Å². The van der Waals surface area contributed by atoms with Crippen molar-refractivity contribution in [2.24, 2.45) is 0 Å². The molecular formula is C16H14NO2. The van der Waals surface area contributed by atoms with E-state index in [4.69, 9.17) is 0 Å². The van der Waals surface area contributed by atoms with Gasteiger partial charge in [-0.15, -0.1) is 0 Å². The van der Waals surface area contributed by atoms with Crippen molar-refractivity contribution in [3.05, 3.63) is 71.8 Å². The number of nitrogens with one attached hydrogen (secondary N) is 1. The van der Waals surface area contributed by atoms with E-state index in [1.807, 2.05) is 42.7 Å². The molecule has 3 heteroatoms. The van der Waals surface area contributed by atoms with Crippen LogP contribution in [-0.4, -0.2) is 18.2 Å². The number of hydrogen-bond donors (Lipinski definition) is 1. The van der Waals surface area contributed by atoms with Gasteiger partial charge in [0.1, 0.15) is 0 Å². The highest BCUT2D eigenvalue weighted by Crippen LogP contribution is 2.04. The minimum absolute atomic E-state index is 0.259. The molecule has 1 atom stereocenters. The molecule has 1 N–H and O–H groups in total. The predicted molar refractivity (Wildman–Crippen MR) is 73.5 cm³/mol. The molecular weight excluding hydrogens is 238 g/mol. The first-order valence-corrected chi connectivity index (χ1v) is 6.07. The lowest BCUT2D eigenvalue weighted by Crippen LogP contribution is -2.37. The van der Waals surface area contributed by atoms with Gasteiger partial charge in [-0.2, -0.15) is 0 Å². The highest BCUT2D eigenvalue weighted by Gasteiger charge is 2.13. The smallest absolute Gasteiger partial charge is 0.251 e. The van der Waals surface area contributed by atoms with E-state index >= 15 is 0 Å². The van der Waals surface area contributed by atoms with Crippen LogP contribution >= 0.6 is 0 Å². The Morgan fingerprint density at radius 1 is 1.00 bits per heavy atom. The van der Waals surface area contributed by atoms with Crippen LogP contribution in [0.2, 0.25) is 0 Å². The second-order valence-corrected chi connectivity index (χ2v) is 4.20. The molecule has 1 radical (unpaired) electrons. The molecule has 1 unspecified atom stereocenters. The number of rotatable bonds is 5. The van der Waals surface area contributed by atoms with Gasteiger partial charge in [0.25, 0.3) is 5.91 Å². The van der Waals surface area contributed by atoms with Crippen LogP contribution in [0.1, 0.15) is 15.9 Å². The molecule has 95 valence electrons. The fraction of sp³-hybridized carbons (Fsp3) is 0.125. The minimum Gasteiger partial charge on any atom is -0.341 e. The number of benzene rings is 2. The summed E-state index contributed by atoms with van der Waals surface area (Å²) < 4.78 is 0. The van der Waals surface area contributed by atoms with E-state index in [1.165, 1.54) is 0 Å². The zero-order chi connectivity index (χ0) is 13.5. The SMILES string of the molecule is O=[C]C(Cc1ccccc1)NC(=O)c1ccccc1. The second kappa shape index (κ2) is 6.50. The van der Waals surface area contributed by atoms with E-state index in [0.29, 0.717) is 12.0 Å². The zero-order valence-corrected chi connectivity index (χ0v) is 10.4. The van der Waals surface area contributed by atoms with Gasteiger partial charge < -0.3 is 5.32 Å². The molecule has 0 fully saturated rings. The van der Waals surface area contributed by atoms with E-state index in [1.54, 1.807) is 24.3 Å². The lowest BCUT2D eigenvalue weighted by Gasteiger charge is -2.12. The van der Waals surface area contributed by atoms with Crippen LogP contribution in [0.25, 0.3) is 0 Å². The largest absolute Gasteiger partial charge is 0.341 e. The van der Waals surface area contributed by atoms with Crippen molar-refractivity contribution in [2.75, 3.05) is 0 Å². The molecule has 2 aromatic rings. The van der Waals surface area contributed by atoms with E-state index in [2.05, 4.69) is 5.32 Å². The van der Waals surface area contributed by atoms with Crippen LogP contribution in [0, 0.1) is 0 Å². The Balaban J connectivity index is 2.00. The third-order valence-corrected chi connectivity index (χ3v) is 2.77. The molecule has 2 aromatic carbocycles. The molecule has 0 bridgehead atoms. The van der Waals surface area contributed by atoms with Crippen molar-refractivity contribution in [2.45, 2.75) is 12.5 Å². The summed E-state index contributed by atoms with van der Waals surface area (Å²) in [4.78, 5) is 22.9. The topological polar surface area (TPSA) is 46.2 Å². The Morgan fingerprint density at radius 2 is 1.58 bits per heavy atom. The monoisotopic (exact) mass is 252 g/mol. The second-order valence-electron chi connectivity index (χ2n) is 4.20. The Morgan fingerprint density at radius 3 is 2.16 bits per heavy atom. The number of amides is 1. The van der Waals surface area contributed by atoms with Crippen molar-refractivity contribution in [1.29, 1.82) is 0 Å². The van der Waals surface area contributed by atoms with E-state index in [0.717, 1.165) is 5.56 Å². The molecule has 1 amide bonds. The van der Waals surface area contributed by atoms with Crippen LogP contribution in [0.4, 0.5) is 0 Å². The maximum atomic E-state index is 11.9. The lowest BCUT2D eigenvalue weighted by atomic mass is 10.1. The van der Waals surface area contributed by atoms with E-state index in [9.17, 15) is 9.59 Å². The molecule has 0 spiro atoms. The van der Waals surface area contributed by atoms with Crippen LogP contribution < -0.4 is 5.32 Å². The van der Waals surface area contributed by atoms with Gasteiger partial charge in [0.2, 0.25) is 6.29 Å². The average molecular weight is 252 g/mol. The first-order chi connectivity index (χ1) is 9.29. The number of carbonyl (C=O) groups is 1. The van der Waals surface area contributed by atoms with Gasteiger partial charge in [-0.1, -0.05) is 48.5 Å². The third-order valence-electron chi connectivity index (χ3n) is 2.77. The van der Waals surface area contributed by atoms with Gasteiger partial charge >= 0.3 is 0 Å². The number of carbonyl (C=O) groups excluding carboxylic acids is 2. The Hall–Kier alpha value is -2.42. The van der Waals surface area contributed by atoms with Gasteiger partial charge in [-0.05, 0) is 17.7 Å². The molecule has 0 saturated carbocycles. The first-order valence-electron chi connectivity index (χ1n) is 6.07. The van der Waals surface area contributed by atoms with Gasteiger partial charge in [-0.3, -0.25) is 9.59 Å². The molecule has 0 aliphatic carbocycles. The van der Waals surface area contributed by atoms with E-state index < -0.39 is 6.04 Å². The molecule has 0 aliphatic heterocycles. The van der Waals surface area contributed by atoms with Gasteiger partial charge in [0.05, 0.1) is 6.04 Å². The predicted octanol–water partition coefficient (Wildman–Crippen LogP) is 2.14. The summed E-state index contributed by atoms with van der Waals surface area (Å²) in [5, 5.41) is 2.67. The molecule has 0 aromatic heterocycles. The average Bonchev–Trinajstić information content (AvgIpc) is 2.48. The fourth-order valence-electron chi connectivity index (χ4n) is 1.80. The maximum Gasteiger partial charge on any atom is 0.251 e. The molecule has 19 heavy (non-hydrogen) atoms. The van der Waals surface area contributed by atoms with Crippen LogP contribution in [0.3, 0.4) is 0 Å². The van der Waals surface area contributed by atoms with Crippen molar-refractivity contribution >= 4 is 12.2 Å².